The highest BCUT2D eigenvalue weighted by Gasteiger charge is 2.20. The normalized spacial score (nSPS) is 11.2. The van der Waals surface area contributed by atoms with Crippen LogP contribution in [0.25, 0.3) is 21.8 Å². The first kappa shape index (κ1) is 43.1. The highest BCUT2D eigenvalue weighted by atomic mass is 16.6. The number of nitrogens with zero attached hydrogens (tertiary/aromatic N) is 5. The van der Waals surface area contributed by atoms with Crippen molar-refractivity contribution in [3.63, 3.8) is 0 Å². The summed E-state index contributed by atoms with van der Waals surface area (Å²) in [5.41, 5.74) is 2.62. The van der Waals surface area contributed by atoms with E-state index >= 15 is 0 Å². The lowest BCUT2D eigenvalue weighted by atomic mass is 10.1. The maximum atomic E-state index is 13.0. The molecule has 0 fully saturated rings. The van der Waals surface area contributed by atoms with Gasteiger partial charge in [-0.05, 0) is 75.2 Å². The molecule has 0 atom stereocenters. The van der Waals surface area contributed by atoms with Crippen LogP contribution in [0.4, 0.5) is 16.2 Å². The van der Waals surface area contributed by atoms with Crippen molar-refractivity contribution in [3.05, 3.63) is 72.1 Å². The Balaban J connectivity index is 1.40. The van der Waals surface area contributed by atoms with Crippen molar-refractivity contribution in [3.8, 4) is 11.8 Å². The molecule has 0 bridgehead atoms. The maximum Gasteiger partial charge on any atom is 0.412 e. The number of benzene rings is 2. The number of hydrogen-bond acceptors (Lipinski definition) is 14. The first-order valence-electron chi connectivity index (χ1n) is 17.5. The second kappa shape index (κ2) is 20.8. The molecule has 0 aliphatic rings. The summed E-state index contributed by atoms with van der Waals surface area (Å²) in [6.45, 7) is 4.74. The van der Waals surface area contributed by atoms with Crippen LogP contribution in [0.15, 0.2) is 60.8 Å². The van der Waals surface area contributed by atoms with Crippen LogP contribution >= 0.6 is 0 Å². The number of fused-ring (bicyclic) bond motifs is 3. The predicted molar refractivity (Wildman–Crippen MR) is 207 cm³/mol. The molecular weight excluding hydrogens is 742 g/mol. The molecular formula is C39H43N7O11. The van der Waals surface area contributed by atoms with Gasteiger partial charge in [0.1, 0.15) is 30.3 Å². The van der Waals surface area contributed by atoms with Gasteiger partial charge in [0, 0.05) is 54.4 Å². The average molecular weight is 786 g/mol. The third-order valence-corrected chi connectivity index (χ3v) is 7.89. The molecule has 57 heavy (non-hydrogen) atoms. The molecule has 4 rings (SSSR count). The topological polar surface area (TPSA) is 230 Å². The summed E-state index contributed by atoms with van der Waals surface area (Å²) in [5.74, 6) is 3.31. The Kier molecular flexibility index (Phi) is 15.7. The molecule has 18 nitrogen and oxygen atoms in total. The monoisotopic (exact) mass is 785 g/mol. The first-order chi connectivity index (χ1) is 27.2. The van der Waals surface area contributed by atoms with Crippen LogP contribution < -0.4 is 10.6 Å². The van der Waals surface area contributed by atoms with E-state index in [4.69, 9.17) is 29.4 Å². The van der Waals surface area contributed by atoms with Gasteiger partial charge >= 0.3 is 18.0 Å². The Morgan fingerprint density at radius 2 is 1.40 bits per heavy atom. The highest BCUT2D eigenvalue weighted by Crippen LogP contribution is 2.30. The molecule has 18 heteroatoms. The fourth-order valence-electron chi connectivity index (χ4n) is 5.45. The van der Waals surface area contributed by atoms with Gasteiger partial charge < -0.3 is 29.7 Å². The lowest BCUT2D eigenvalue weighted by molar-refractivity contribution is -0.142. The van der Waals surface area contributed by atoms with Gasteiger partial charge in [-0.25, -0.2) is 9.78 Å². The molecule has 0 radical (unpaired) electrons. The van der Waals surface area contributed by atoms with Crippen molar-refractivity contribution >= 4 is 70.1 Å². The third kappa shape index (κ3) is 14.5. The second-order valence-corrected chi connectivity index (χ2v) is 13.5. The van der Waals surface area contributed by atoms with Crippen LogP contribution in [0, 0.1) is 11.8 Å². The van der Waals surface area contributed by atoms with E-state index in [1.165, 1.54) is 9.80 Å². The molecule has 0 unspecified atom stereocenters. The Bertz CT molecular complexity index is 2110. The van der Waals surface area contributed by atoms with Gasteiger partial charge in [0.2, 0.25) is 5.91 Å². The molecule has 0 aliphatic carbocycles. The van der Waals surface area contributed by atoms with E-state index in [-0.39, 0.29) is 59.1 Å². The van der Waals surface area contributed by atoms with Crippen LogP contribution in [0.5, 0.6) is 0 Å². The van der Waals surface area contributed by atoms with Gasteiger partial charge in [-0.15, -0.1) is 0 Å². The fourth-order valence-corrected chi connectivity index (χ4v) is 5.45. The van der Waals surface area contributed by atoms with Crippen molar-refractivity contribution < 1.29 is 53.2 Å². The van der Waals surface area contributed by atoms with E-state index in [0.29, 0.717) is 39.1 Å². The molecule has 0 saturated carbocycles. The van der Waals surface area contributed by atoms with Gasteiger partial charge in [-0.2, -0.15) is 0 Å². The molecule has 2 aromatic carbocycles. The van der Waals surface area contributed by atoms with E-state index < -0.39 is 42.6 Å². The number of ether oxygens (including phenoxy) is 3. The SMILES string of the molecule is CC(C)(C)OC(=O)Nc1cc2cccnc2c2nc(C#Cc3ccc(NC(=O)CN(CCN(CCN(CC(=O)O)CC(=O)O)COC=O)COC=O)cc3)ccc12. The van der Waals surface area contributed by atoms with E-state index in [1.807, 2.05) is 18.2 Å². The predicted octanol–water partition coefficient (Wildman–Crippen LogP) is 2.80. The lowest BCUT2D eigenvalue weighted by Gasteiger charge is -2.28. The minimum atomic E-state index is -1.20. The molecule has 4 N–H and O–H groups in total. The van der Waals surface area contributed by atoms with E-state index in [1.54, 1.807) is 68.3 Å². The number of amides is 2. The Hall–Kier alpha value is -6.68. The maximum absolute atomic E-state index is 13.0. The van der Waals surface area contributed by atoms with Crippen molar-refractivity contribution in [2.45, 2.75) is 26.4 Å². The summed E-state index contributed by atoms with van der Waals surface area (Å²) in [7, 11) is 0. The minimum absolute atomic E-state index is 0.0376. The molecule has 0 aliphatic heterocycles. The number of hydrogen-bond donors (Lipinski definition) is 4. The molecule has 2 amide bonds. The van der Waals surface area contributed by atoms with Gasteiger partial charge in [0.05, 0.1) is 30.8 Å². The summed E-state index contributed by atoms with van der Waals surface area (Å²) in [4.78, 5) is 83.3. The summed E-state index contributed by atoms with van der Waals surface area (Å²) < 4.78 is 15.2. The summed E-state index contributed by atoms with van der Waals surface area (Å²) >= 11 is 0. The summed E-state index contributed by atoms with van der Waals surface area (Å²) in [6.07, 6.45) is 1.07. The smallest absolute Gasteiger partial charge is 0.412 e. The van der Waals surface area contributed by atoms with Gasteiger partial charge in [0.25, 0.3) is 12.9 Å². The fraction of sp³-hybridized carbons (Fsp3) is 0.333. The molecule has 2 aromatic heterocycles. The zero-order valence-corrected chi connectivity index (χ0v) is 31.6. The Morgan fingerprint density at radius 3 is 2.04 bits per heavy atom. The summed E-state index contributed by atoms with van der Waals surface area (Å²) in [6, 6.07) is 15.8. The standard InChI is InChI=1S/C39H43N7O11/c1-39(2,3)57-38(54)43-32-19-28-5-4-14-40-36(28)37-31(32)13-12-30(42-37)11-8-27-6-9-29(10-7-27)41-33(49)20-46(24-56-26-48)18-16-44(23-55-25-47)15-17-45(21-34(50)51)22-35(52)53/h4-7,9-10,12-14,19,25-26H,15-18,20-24H2,1-3H3,(H,41,49)(H,43,54)(H,50,51)(H,52,53). The van der Waals surface area contributed by atoms with Crippen LogP contribution in [-0.4, -0.2) is 137 Å². The Labute approximate surface area is 327 Å². The van der Waals surface area contributed by atoms with Crippen LogP contribution in [-0.2, 0) is 38.2 Å². The van der Waals surface area contributed by atoms with Crippen LogP contribution in [0.1, 0.15) is 32.0 Å². The quantitative estimate of drug-likeness (QED) is 0.0332. The van der Waals surface area contributed by atoms with Crippen molar-refractivity contribution in [1.82, 2.24) is 24.7 Å². The average Bonchev–Trinajstić information content (AvgIpc) is 3.14. The van der Waals surface area contributed by atoms with Crippen molar-refractivity contribution in [1.29, 1.82) is 0 Å². The zero-order chi connectivity index (χ0) is 41.4. The van der Waals surface area contributed by atoms with Gasteiger partial charge in [-0.1, -0.05) is 12.0 Å². The number of carbonyl (C=O) groups excluding carboxylic acids is 4. The number of carbonyl (C=O) groups is 6. The number of aliphatic carboxylic acids is 2. The molecule has 2 heterocycles. The van der Waals surface area contributed by atoms with Crippen molar-refractivity contribution in [2.75, 3.05) is 69.9 Å². The number of nitrogens with one attached hydrogen (secondary N) is 2. The van der Waals surface area contributed by atoms with Gasteiger partial charge in [-0.3, -0.25) is 49.0 Å². The van der Waals surface area contributed by atoms with Crippen molar-refractivity contribution in [2.24, 2.45) is 0 Å². The number of aromatic nitrogens is 2. The highest BCUT2D eigenvalue weighted by molar-refractivity contribution is 6.11. The van der Waals surface area contributed by atoms with E-state index in [9.17, 15) is 28.8 Å². The number of pyridine rings is 2. The van der Waals surface area contributed by atoms with E-state index in [0.717, 1.165) is 5.39 Å². The van der Waals surface area contributed by atoms with Gasteiger partial charge in [0.15, 0.2) is 0 Å². The first-order valence-corrected chi connectivity index (χ1v) is 17.5. The largest absolute Gasteiger partial charge is 0.480 e. The number of rotatable bonds is 20. The second-order valence-electron chi connectivity index (χ2n) is 13.5. The molecule has 300 valence electrons. The lowest BCUT2D eigenvalue weighted by Crippen LogP contribution is -2.44. The Morgan fingerprint density at radius 1 is 0.772 bits per heavy atom. The molecule has 0 spiro atoms. The van der Waals surface area contributed by atoms with E-state index in [2.05, 4.69) is 27.5 Å². The third-order valence-electron chi connectivity index (χ3n) is 7.89. The number of anilines is 2. The van der Waals surface area contributed by atoms with Crippen LogP contribution in [0.3, 0.4) is 0 Å². The summed E-state index contributed by atoms with van der Waals surface area (Å²) in [5, 5.41) is 25.2. The zero-order valence-electron chi connectivity index (χ0n) is 31.6. The molecule has 0 saturated heterocycles. The minimum Gasteiger partial charge on any atom is -0.480 e. The number of carboxylic acid groups (broad SMARTS) is 2. The molecule has 4 aromatic rings. The van der Waals surface area contributed by atoms with Crippen LogP contribution in [0.2, 0.25) is 0 Å². The number of carboxylic acids is 2.